The molecule has 15 heavy (non-hydrogen) atoms. The maximum Gasteiger partial charge on any atom is 0.150 e. The number of hydrogen-bond acceptors (Lipinski definition) is 4. The Balaban J connectivity index is 2.13. The molecule has 0 radical (unpaired) electrons. The minimum atomic E-state index is 0.460. The third-order valence-corrected chi connectivity index (χ3v) is 2.88. The first-order chi connectivity index (χ1) is 7.26. The number of rotatable bonds is 3. The Hall–Kier alpha value is -1.76. The van der Waals surface area contributed by atoms with Gasteiger partial charge in [0.05, 0.1) is 11.3 Å². The Morgan fingerprint density at radius 3 is 3.13 bits per heavy atom. The standard InChI is InChI=1S/C11H14N4/c1-2-7-5-9(7)15-11-10(13)8(6-12)3-4-14-11/h3-4,7,9H,2,5,13H2,1H3,(H,14,15). The molecule has 1 aromatic heterocycles. The van der Waals surface area contributed by atoms with E-state index in [2.05, 4.69) is 17.2 Å². The SMILES string of the molecule is CCC1CC1Nc1nccc(C#N)c1N. The molecule has 0 bridgehead atoms. The monoisotopic (exact) mass is 202 g/mol. The largest absolute Gasteiger partial charge is 0.395 e. The summed E-state index contributed by atoms with van der Waals surface area (Å²) in [4.78, 5) is 4.15. The van der Waals surface area contributed by atoms with E-state index in [-0.39, 0.29) is 0 Å². The topological polar surface area (TPSA) is 74.7 Å². The predicted octanol–water partition coefficient (Wildman–Crippen LogP) is 1.75. The Bertz CT molecular complexity index is 408. The molecule has 2 unspecified atom stereocenters. The molecule has 4 nitrogen and oxygen atoms in total. The molecule has 4 heteroatoms. The Kier molecular flexibility index (Phi) is 2.46. The first kappa shape index (κ1) is 9.78. The Morgan fingerprint density at radius 1 is 1.73 bits per heavy atom. The van der Waals surface area contributed by atoms with Gasteiger partial charge in [-0.15, -0.1) is 0 Å². The molecule has 2 rings (SSSR count). The van der Waals surface area contributed by atoms with E-state index in [4.69, 9.17) is 11.0 Å². The van der Waals surface area contributed by atoms with Gasteiger partial charge in [0.1, 0.15) is 6.07 Å². The molecule has 1 aromatic rings. The van der Waals surface area contributed by atoms with E-state index in [1.54, 1.807) is 12.3 Å². The van der Waals surface area contributed by atoms with Crippen LogP contribution in [0.25, 0.3) is 0 Å². The van der Waals surface area contributed by atoms with Crippen molar-refractivity contribution in [2.24, 2.45) is 5.92 Å². The van der Waals surface area contributed by atoms with Gasteiger partial charge < -0.3 is 11.1 Å². The summed E-state index contributed by atoms with van der Waals surface area (Å²) in [6.45, 7) is 2.18. The molecule has 0 saturated heterocycles. The Labute approximate surface area is 89.1 Å². The lowest BCUT2D eigenvalue weighted by Gasteiger charge is -2.08. The van der Waals surface area contributed by atoms with Crippen LogP contribution >= 0.6 is 0 Å². The van der Waals surface area contributed by atoms with Gasteiger partial charge in [0.2, 0.25) is 0 Å². The van der Waals surface area contributed by atoms with Gasteiger partial charge in [-0.1, -0.05) is 13.3 Å². The first-order valence-corrected chi connectivity index (χ1v) is 5.17. The summed E-state index contributed by atoms with van der Waals surface area (Å²) >= 11 is 0. The number of nitrogen functional groups attached to an aromatic ring is 1. The summed E-state index contributed by atoms with van der Waals surface area (Å²) < 4.78 is 0. The van der Waals surface area contributed by atoms with E-state index in [1.807, 2.05) is 6.07 Å². The van der Waals surface area contributed by atoms with Gasteiger partial charge in [-0.3, -0.25) is 0 Å². The lowest BCUT2D eigenvalue weighted by atomic mass is 10.2. The molecular weight excluding hydrogens is 188 g/mol. The summed E-state index contributed by atoms with van der Waals surface area (Å²) in [5.74, 6) is 1.38. The van der Waals surface area contributed by atoms with Crippen LogP contribution in [-0.4, -0.2) is 11.0 Å². The molecule has 3 N–H and O–H groups in total. The molecule has 1 heterocycles. The summed E-state index contributed by atoms with van der Waals surface area (Å²) in [7, 11) is 0. The van der Waals surface area contributed by atoms with Crippen LogP contribution < -0.4 is 11.1 Å². The van der Waals surface area contributed by atoms with E-state index in [0.717, 1.165) is 5.92 Å². The zero-order valence-corrected chi connectivity index (χ0v) is 8.70. The Morgan fingerprint density at radius 2 is 2.53 bits per heavy atom. The average molecular weight is 202 g/mol. The predicted molar refractivity (Wildman–Crippen MR) is 59.2 cm³/mol. The quantitative estimate of drug-likeness (QED) is 0.783. The number of nitrogens with one attached hydrogen (secondary N) is 1. The fourth-order valence-corrected chi connectivity index (χ4v) is 1.74. The van der Waals surface area contributed by atoms with Crippen molar-refractivity contribution in [2.45, 2.75) is 25.8 Å². The number of pyridine rings is 1. The van der Waals surface area contributed by atoms with Crippen molar-refractivity contribution in [2.75, 3.05) is 11.1 Å². The number of hydrogen-bond donors (Lipinski definition) is 2. The molecule has 1 fully saturated rings. The smallest absolute Gasteiger partial charge is 0.150 e. The van der Waals surface area contributed by atoms with Crippen LogP contribution in [0.5, 0.6) is 0 Å². The number of anilines is 2. The van der Waals surface area contributed by atoms with Crippen LogP contribution in [0.15, 0.2) is 12.3 Å². The summed E-state index contributed by atoms with van der Waals surface area (Å²) in [6.07, 6.45) is 3.96. The minimum absolute atomic E-state index is 0.460. The molecule has 1 saturated carbocycles. The van der Waals surface area contributed by atoms with Gasteiger partial charge >= 0.3 is 0 Å². The van der Waals surface area contributed by atoms with E-state index in [9.17, 15) is 0 Å². The van der Waals surface area contributed by atoms with E-state index < -0.39 is 0 Å². The van der Waals surface area contributed by atoms with Gasteiger partial charge in [-0.05, 0) is 18.4 Å². The number of nitriles is 1. The molecule has 2 atom stereocenters. The zero-order chi connectivity index (χ0) is 10.8. The second-order valence-electron chi connectivity index (χ2n) is 3.89. The highest BCUT2D eigenvalue weighted by Gasteiger charge is 2.35. The van der Waals surface area contributed by atoms with Crippen LogP contribution in [0.2, 0.25) is 0 Å². The molecule has 0 spiro atoms. The maximum absolute atomic E-state index is 8.81. The van der Waals surface area contributed by atoms with Crippen molar-refractivity contribution in [1.82, 2.24) is 4.98 Å². The number of nitrogens with two attached hydrogens (primary N) is 1. The van der Waals surface area contributed by atoms with Crippen molar-refractivity contribution in [1.29, 1.82) is 5.26 Å². The van der Waals surface area contributed by atoms with Crippen LogP contribution in [0.3, 0.4) is 0 Å². The van der Waals surface area contributed by atoms with Crippen LogP contribution in [0.4, 0.5) is 11.5 Å². The zero-order valence-electron chi connectivity index (χ0n) is 8.70. The van der Waals surface area contributed by atoms with Crippen molar-refractivity contribution >= 4 is 11.5 Å². The van der Waals surface area contributed by atoms with E-state index in [1.165, 1.54) is 12.8 Å². The first-order valence-electron chi connectivity index (χ1n) is 5.17. The fraction of sp³-hybridized carbons (Fsp3) is 0.455. The van der Waals surface area contributed by atoms with E-state index >= 15 is 0 Å². The minimum Gasteiger partial charge on any atom is -0.395 e. The van der Waals surface area contributed by atoms with Crippen LogP contribution in [-0.2, 0) is 0 Å². The van der Waals surface area contributed by atoms with Crippen molar-refractivity contribution in [3.63, 3.8) is 0 Å². The van der Waals surface area contributed by atoms with Crippen LogP contribution in [0.1, 0.15) is 25.3 Å². The third kappa shape index (κ3) is 1.86. The second kappa shape index (κ2) is 3.77. The highest BCUT2D eigenvalue weighted by molar-refractivity contribution is 5.69. The summed E-state index contributed by atoms with van der Waals surface area (Å²) in [6, 6.07) is 4.16. The molecule has 78 valence electrons. The molecule has 1 aliphatic rings. The fourth-order valence-electron chi connectivity index (χ4n) is 1.74. The maximum atomic E-state index is 8.81. The summed E-state index contributed by atoms with van der Waals surface area (Å²) in [5.41, 5.74) is 6.76. The average Bonchev–Trinajstić information content (AvgIpc) is 3.00. The normalized spacial score (nSPS) is 23.2. The lowest BCUT2D eigenvalue weighted by molar-refractivity contribution is 0.773. The molecule has 1 aliphatic carbocycles. The van der Waals surface area contributed by atoms with Gasteiger partial charge in [0, 0.05) is 12.2 Å². The van der Waals surface area contributed by atoms with Gasteiger partial charge in [0.25, 0.3) is 0 Å². The highest BCUT2D eigenvalue weighted by atomic mass is 15.1. The molecule has 0 amide bonds. The van der Waals surface area contributed by atoms with Crippen molar-refractivity contribution < 1.29 is 0 Å². The lowest BCUT2D eigenvalue weighted by Crippen LogP contribution is -2.09. The van der Waals surface area contributed by atoms with Crippen molar-refractivity contribution in [3.8, 4) is 6.07 Å². The molecular formula is C11H14N4. The second-order valence-corrected chi connectivity index (χ2v) is 3.89. The van der Waals surface area contributed by atoms with Crippen molar-refractivity contribution in [3.05, 3.63) is 17.8 Å². The van der Waals surface area contributed by atoms with Gasteiger partial charge in [0.15, 0.2) is 5.82 Å². The highest BCUT2D eigenvalue weighted by Crippen LogP contribution is 2.36. The third-order valence-electron chi connectivity index (χ3n) is 2.88. The number of aromatic nitrogens is 1. The molecule has 0 aliphatic heterocycles. The van der Waals surface area contributed by atoms with Gasteiger partial charge in [-0.2, -0.15) is 5.26 Å². The van der Waals surface area contributed by atoms with Crippen LogP contribution in [0, 0.1) is 17.2 Å². The summed E-state index contributed by atoms with van der Waals surface area (Å²) in [5, 5.41) is 12.1. The number of nitrogens with zero attached hydrogens (tertiary/aromatic N) is 2. The van der Waals surface area contributed by atoms with E-state index in [0.29, 0.717) is 23.1 Å². The molecule has 0 aromatic carbocycles. The van der Waals surface area contributed by atoms with Gasteiger partial charge in [-0.25, -0.2) is 4.98 Å².